The summed E-state index contributed by atoms with van der Waals surface area (Å²) in [4.78, 5) is 162. The van der Waals surface area contributed by atoms with E-state index in [1.165, 1.54) is 12.8 Å². The molecule has 0 radical (unpaired) electrons. The molecule has 2 unspecified atom stereocenters. The van der Waals surface area contributed by atoms with Crippen LogP contribution < -0.4 is 21.3 Å². The minimum atomic E-state index is -0.672. The quantitative estimate of drug-likeness (QED) is 0.0351. The van der Waals surface area contributed by atoms with Gasteiger partial charge < -0.3 is 98.5 Å². The first-order valence-corrected chi connectivity index (χ1v) is 52.8. The molecule has 2 atom stereocenters. The number of halogens is 4. The molecular formula is C103H111Cl4N33O8S. The molecule has 24 rings (SSSR count). The van der Waals surface area contributed by atoms with E-state index in [1.54, 1.807) is 101 Å². The van der Waals surface area contributed by atoms with Gasteiger partial charge in [-0.25, -0.2) is 64.6 Å². The number of hydrogen-bond donors (Lipinski definition) is 8. The summed E-state index contributed by atoms with van der Waals surface area (Å²) in [6, 6.07) is 30.6. The van der Waals surface area contributed by atoms with Gasteiger partial charge in [-0.15, -0.1) is 0 Å². The van der Waals surface area contributed by atoms with Crippen molar-refractivity contribution in [3.8, 4) is 45.6 Å². The van der Waals surface area contributed by atoms with Crippen molar-refractivity contribution in [3.63, 3.8) is 0 Å². The van der Waals surface area contributed by atoms with Crippen LogP contribution in [0.3, 0.4) is 0 Å². The van der Waals surface area contributed by atoms with Gasteiger partial charge in [0.1, 0.15) is 51.7 Å². The second-order valence-electron chi connectivity index (χ2n) is 38.6. The Hall–Kier alpha value is -14.8. The summed E-state index contributed by atoms with van der Waals surface area (Å²) in [7, 11) is 8.79. The number of likely N-dealkylation sites (tertiary alicyclic amines) is 4. The second-order valence-corrected chi connectivity index (χ2v) is 41.9. The second kappa shape index (κ2) is 43.9. The van der Waals surface area contributed by atoms with Crippen molar-refractivity contribution in [1.29, 1.82) is 0 Å². The van der Waals surface area contributed by atoms with E-state index in [2.05, 4.69) is 111 Å². The van der Waals surface area contributed by atoms with Crippen LogP contribution in [0.5, 0.6) is 0 Å². The summed E-state index contributed by atoms with van der Waals surface area (Å²) in [5.74, 6) is 3.06. The largest absolute Gasteiger partial charge is 0.368 e. The lowest BCUT2D eigenvalue weighted by atomic mass is 10.0. The number of benzene rings is 4. The van der Waals surface area contributed by atoms with Crippen LogP contribution >= 0.6 is 46.4 Å². The topological polar surface area (TPSA) is 444 Å². The zero-order valence-electron chi connectivity index (χ0n) is 82.6. The van der Waals surface area contributed by atoms with Gasteiger partial charge in [-0.05, 0) is 168 Å². The van der Waals surface area contributed by atoms with Crippen LogP contribution in [0.2, 0.25) is 20.1 Å². The van der Waals surface area contributed by atoms with Crippen molar-refractivity contribution in [1.82, 2.24) is 142 Å². The number of rotatable bonds is 20. The van der Waals surface area contributed by atoms with Crippen molar-refractivity contribution in [2.75, 3.05) is 151 Å². The van der Waals surface area contributed by atoms with E-state index in [0.717, 1.165) is 181 Å². The fourth-order valence-corrected chi connectivity index (χ4v) is 22.6. The molecule has 4 aromatic carbocycles. The highest BCUT2D eigenvalue weighted by Gasteiger charge is 2.39. The molecule has 20 heterocycles. The number of aromatic nitrogens is 20. The van der Waals surface area contributed by atoms with Gasteiger partial charge >= 0.3 is 6.03 Å². The molecule has 7 amide bonds. The van der Waals surface area contributed by atoms with Crippen LogP contribution in [0, 0.1) is 0 Å². The van der Waals surface area contributed by atoms with Gasteiger partial charge in [0.05, 0.1) is 90.2 Å². The standard InChI is InChI=1S/C26H28ClN9O2.C26H27ClN8O3.C26H29ClN8O2S.C25H27ClN8O/c1-33-14-22(29-15-33)20-3-6-28-25(32-20)30-17-11-16-12-21(31-23(16)19(27)13-17)24(37)35-7-4-18(5-8-35)36-10-9-34(2)26(36)38;1-33-14-21(29-15-33)19-4-5-28-26(32-19)30-17-11-16-12-20(31-23(16)18(27)13-17)24(36)34-6-8-35(9-7-34)25(37)22-3-2-10-38-22;1-33-15-23(29-16-33)21-2-5-28-26(32-21)30-18-12-17-13-22(31-24(17)20(27)14-18)25(36)35-6-3-19(4-7-35)34-8-10-38(37)11-9-34;1-32-14-22(28-15-32)20-4-6-27-25(31-20)29-17-10-16-11-21(30-23(16)19(26)12-17)24(35)34-9-5-18(13-34)33-7-2-3-8-33/h3,6,11-15,18,31H,4-5,7-10H2,1-2H3,(H,28,30,32);4-5,11-15,22,31H,2-3,6-10H2,1H3,(H,28,30,32);2,5,12-16,19,31H,3-4,6-11H2,1H3,(H,28,30,32);4,6,10-12,14-15,18,30H,2-3,5,7-9,13H2,1H3,(H,27,29,31). The first-order chi connectivity index (χ1) is 72.2. The minimum absolute atomic E-state index is 0.0173. The molecule has 46 heteroatoms. The highest BCUT2D eigenvalue weighted by Crippen LogP contribution is 2.38. The Morgan fingerprint density at radius 2 is 0.685 bits per heavy atom. The third-order valence-electron chi connectivity index (χ3n) is 28.3. The zero-order chi connectivity index (χ0) is 103. The van der Waals surface area contributed by atoms with Crippen molar-refractivity contribution in [2.45, 2.75) is 82.0 Å². The van der Waals surface area contributed by atoms with Gasteiger partial charge in [0.15, 0.2) is 0 Å². The number of piperidine rings is 2. The molecule has 0 aliphatic carbocycles. The highest BCUT2D eigenvalue weighted by atomic mass is 35.5. The molecular weight excluding hydrogens is 2000 g/mol. The lowest BCUT2D eigenvalue weighted by Gasteiger charge is -2.39. The zero-order valence-corrected chi connectivity index (χ0v) is 86.5. The van der Waals surface area contributed by atoms with Crippen LogP contribution in [0.4, 0.5) is 51.3 Å². The average molecular weight is 2110 g/mol. The number of nitrogens with zero attached hydrogens (tertiary/aromatic N) is 25. The molecule has 12 aromatic heterocycles. The molecule has 770 valence electrons. The number of aryl methyl sites for hydroxylation is 4. The van der Waals surface area contributed by atoms with Gasteiger partial charge in [-0.2, -0.15) is 0 Å². The number of hydrogen-bond acceptors (Lipinski definition) is 26. The van der Waals surface area contributed by atoms with Crippen molar-refractivity contribution in [3.05, 3.63) is 215 Å². The van der Waals surface area contributed by atoms with Gasteiger partial charge in [0.2, 0.25) is 23.8 Å². The molecule has 149 heavy (non-hydrogen) atoms. The predicted octanol–water partition coefficient (Wildman–Crippen LogP) is 14.4. The maximum Gasteiger partial charge on any atom is 0.320 e. The number of imidazole rings is 4. The lowest BCUT2D eigenvalue weighted by Crippen LogP contribution is -2.52. The Balaban J connectivity index is 0.000000116. The fourth-order valence-electron chi connectivity index (χ4n) is 20.4. The van der Waals surface area contributed by atoms with Crippen LogP contribution in [0.1, 0.15) is 99.7 Å². The Morgan fingerprint density at radius 1 is 0.356 bits per heavy atom. The smallest absolute Gasteiger partial charge is 0.320 e. The molecule has 8 saturated heterocycles. The summed E-state index contributed by atoms with van der Waals surface area (Å²) >= 11 is 26.4. The third-order valence-corrected chi connectivity index (χ3v) is 30.7. The molecule has 0 spiro atoms. The number of aromatic amines is 4. The van der Waals surface area contributed by atoms with E-state index < -0.39 is 10.8 Å². The maximum atomic E-state index is 13.3. The van der Waals surface area contributed by atoms with Crippen LogP contribution in [0.25, 0.3) is 89.2 Å². The summed E-state index contributed by atoms with van der Waals surface area (Å²) in [5.41, 5.74) is 13.6. The molecule has 8 fully saturated rings. The van der Waals surface area contributed by atoms with Crippen molar-refractivity contribution < 1.29 is 37.7 Å². The SMILES string of the molecule is CN1CCN(C2CCN(C(=O)c3cc4cc(Nc5nccc(-c6cn(C)cn6)n5)cc(Cl)c4[nH]3)CC2)C1=O.Cn1cnc(-c2ccnc(Nc3cc(Cl)c4[nH]c(C(=O)N5CCC(N6CCCC6)C5)cc4c3)n2)c1.Cn1cnc(-c2ccnc(Nc3cc(Cl)c4[nH]c(C(=O)N5CCC(N6CCS(=O)CC6)CC5)cc4c3)n2)c1.Cn1cnc(-c2ccnc(Nc3cc(Cl)c4[nH]c(C(=O)N5CCN(C(=O)C6CCCO6)CC5)cc4c3)n2)c1. The number of piperazine rings is 1. The number of nitrogens with one attached hydrogen (secondary N) is 8. The maximum absolute atomic E-state index is 13.3. The Morgan fingerprint density at radius 3 is 1.02 bits per heavy atom. The van der Waals surface area contributed by atoms with Crippen LogP contribution in [0.15, 0.2) is 172 Å². The number of carbonyl (C=O) groups excluding carboxylic acids is 6. The molecule has 8 aliphatic rings. The molecule has 0 bridgehead atoms. The Labute approximate surface area is 878 Å². The monoisotopic (exact) mass is 2110 g/mol. The first-order valence-electron chi connectivity index (χ1n) is 49.8. The normalized spacial score (nSPS) is 17.7. The third kappa shape index (κ3) is 22.8. The number of H-pyrrole nitrogens is 4. The summed E-state index contributed by atoms with van der Waals surface area (Å²) < 4.78 is 24.7. The first kappa shape index (κ1) is 100. The number of ether oxygens (including phenoxy) is 1. The van der Waals surface area contributed by atoms with E-state index >= 15 is 0 Å². The number of urea groups is 1. The van der Waals surface area contributed by atoms with E-state index in [4.69, 9.17) is 51.1 Å². The van der Waals surface area contributed by atoms with Crippen molar-refractivity contribution >= 4 is 183 Å². The number of carbonyl (C=O) groups is 6. The summed E-state index contributed by atoms with van der Waals surface area (Å²) in [5, 5.41) is 18.1. The lowest BCUT2D eigenvalue weighted by molar-refractivity contribution is -0.142. The minimum Gasteiger partial charge on any atom is -0.368 e. The van der Waals surface area contributed by atoms with Gasteiger partial charge in [-0.1, -0.05) is 46.4 Å². The predicted molar refractivity (Wildman–Crippen MR) is 572 cm³/mol. The van der Waals surface area contributed by atoms with E-state index in [1.807, 2.05) is 159 Å². The van der Waals surface area contributed by atoms with Gasteiger partial charge in [0.25, 0.3) is 29.5 Å². The fraction of sp³-hybridized carbons (Fsp3) is 0.359. The molecule has 8 N–H and O–H groups in total. The van der Waals surface area contributed by atoms with E-state index in [-0.39, 0.29) is 47.7 Å². The molecule has 8 aliphatic heterocycles. The Bertz CT molecular complexity index is 7700. The van der Waals surface area contributed by atoms with Gasteiger partial charge in [0, 0.05) is 268 Å². The van der Waals surface area contributed by atoms with Crippen molar-refractivity contribution in [2.24, 2.45) is 28.2 Å². The highest BCUT2D eigenvalue weighted by molar-refractivity contribution is 7.85. The molecule has 16 aromatic rings. The summed E-state index contributed by atoms with van der Waals surface area (Å²) in [6.07, 6.45) is 29.5. The number of fused-ring (bicyclic) bond motifs is 4. The number of likely N-dealkylation sites (N-methyl/N-ethyl adjacent to an activating group) is 1. The van der Waals surface area contributed by atoms with Crippen LogP contribution in [-0.4, -0.2) is 336 Å². The number of anilines is 8. The van der Waals surface area contributed by atoms with Gasteiger partial charge in [-0.3, -0.25) is 38.0 Å². The van der Waals surface area contributed by atoms with E-state index in [9.17, 15) is 33.0 Å². The summed E-state index contributed by atoms with van der Waals surface area (Å²) in [6.45, 7) is 12.4. The van der Waals surface area contributed by atoms with E-state index in [0.29, 0.717) is 177 Å². The Kier molecular flexibility index (Phi) is 29.5. The van der Waals surface area contributed by atoms with Crippen LogP contribution in [-0.2, 0) is 48.5 Å². The average Bonchev–Trinajstić information content (AvgIpc) is 1.64. The molecule has 0 saturated carbocycles. The molecule has 41 nitrogen and oxygen atoms in total. The number of amides is 7.